The molecule has 2 aliphatic rings. The molecule has 1 amide bonds. The number of rotatable bonds is 5. The standard InChI is InChI=1S/C24H29N5O3S/c25-19-21-6-4-11-26-24(21)28-13-5-12-27(16-17-28)23(30)18-20-7-9-22(10-8-20)33(31,32)29-14-2-1-3-15-29/h4,6-11H,1-3,5,12-18H2. The van der Waals surface area contributed by atoms with E-state index in [1.165, 1.54) is 0 Å². The van der Waals surface area contributed by atoms with Crippen LogP contribution in [0.15, 0.2) is 47.5 Å². The van der Waals surface area contributed by atoms with Crippen LogP contribution in [0.3, 0.4) is 0 Å². The van der Waals surface area contributed by atoms with E-state index in [9.17, 15) is 18.5 Å². The Balaban J connectivity index is 1.37. The van der Waals surface area contributed by atoms with Crippen LogP contribution in [0.1, 0.15) is 36.8 Å². The van der Waals surface area contributed by atoms with Gasteiger partial charge in [0.25, 0.3) is 0 Å². The molecule has 0 aliphatic carbocycles. The highest BCUT2D eigenvalue weighted by Crippen LogP contribution is 2.22. The van der Waals surface area contributed by atoms with Crippen molar-refractivity contribution in [3.63, 3.8) is 0 Å². The van der Waals surface area contributed by atoms with Crippen molar-refractivity contribution in [2.45, 2.75) is 37.0 Å². The number of amides is 1. The third kappa shape index (κ3) is 5.34. The molecule has 0 spiro atoms. The van der Waals surface area contributed by atoms with Gasteiger partial charge in [0.2, 0.25) is 15.9 Å². The Morgan fingerprint density at radius 2 is 1.70 bits per heavy atom. The second-order valence-electron chi connectivity index (χ2n) is 8.49. The highest BCUT2D eigenvalue weighted by atomic mass is 32.2. The molecule has 3 heterocycles. The Labute approximate surface area is 195 Å². The Kier molecular flexibility index (Phi) is 7.26. The molecule has 4 rings (SSSR count). The molecule has 0 atom stereocenters. The van der Waals surface area contributed by atoms with Gasteiger partial charge in [-0.1, -0.05) is 18.6 Å². The first-order chi connectivity index (χ1) is 16.0. The van der Waals surface area contributed by atoms with Gasteiger partial charge in [-0.05, 0) is 49.1 Å². The van der Waals surface area contributed by atoms with Crippen molar-refractivity contribution < 1.29 is 13.2 Å². The SMILES string of the molecule is N#Cc1cccnc1N1CCCN(C(=O)Cc2ccc(S(=O)(=O)N3CCCCC3)cc2)CC1. The van der Waals surface area contributed by atoms with Gasteiger partial charge in [-0.25, -0.2) is 13.4 Å². The fourth-order valence-corrected chi connectivity index (χ4v) is 5.95. The summed E-state index contributed by atoms with van der Waals surface area (Å²) < 4.78 is 27.2. The number of pyridine rings is 1. The molecule has 0 bridgehead atoms. The summed E-state index contributed by atoms with van der Waals surface area (Å²) in [4.78, 5) is 21.5. The number of carbonyl (C=O) groups excluding carboxylic acids is 1. The summed E-state index contributed by atoms with van der Waals surface area (Å²) in [6.45, 7) is 3.70. The molecule has 174 valence electrons. The fraction of sp³-hybridized carbons (Fsp3) is 0.458. The van der Waals surface area contributed by atoms with E-state index in [1.807, 2.05) is 4.90 Å². The van der Waals surface area contributed by atoms with Crippen LogP contribution in [0.4, 0.5) is 5.82 Å². The van der Waals surface area contributed by atoms with Crippen LogP contribution in [0.5, 0.6) is 0 Å². The van der Waals surface area contributed by atoms with E-state index in [-0.39, 0.29) is 17.2 Å². The lowest BCUT2D eigenvalue weighted by molar-refractivity contribution is -0.130. The fourth-order valence-electron chi connectivity index (χ4n) is 4.43. The van der Waals surface area contributed by atoms with Gasteiger partial charge in [-0.2, -0.15) is 9.57 Å². The summed E-state index contributed by atoms with van der Waals surface area (Å²) >= 11 is 0. The van der Waals surface area contributed by atoms with Gasteiger partial charge in [0.1, 0.15) is 11.9 Å². The number of hydrogen-bond donors (Lipinski definition) is 0. The zero-order valence-electron chi connectivity index (χ0n) is 18.7. The summed E-state index contributed by atoms with van der Waals surface area (Å²) in [6, 6.07) is 12.4. The number of aromatic nitrogens is 1. The van der Waals surface area contributed by atoms with Crippen LogP contribution in [0.25, 0.3) is 0 Å². The van der Waals surface area contributed by atoms with Gasteiger partial charge in [0.05, 0.1) is 16.9 Å². The van der Waals surface area contributed by atoms with Crippen molar-refractivity contribution >= 4 is 21.7 Å². The number of anilines is 1. The second kappa shape index (κ2) is 10.3. The van der Waals surface area contributed by atoms with E-state index in [2.05, 4.69) is 16.0 Å². The zero-order valence-corrected chi connectivity index (χ0v) is 19.5. The maximum absolute atomic E-state index is 12.9. The summed E-state index contributed by atoms with van der Waals surface area (Å²) in [5.41, 5.74) is 1.34. The van der Waals surface area contributed by atoms with Gasteiger partial charge < -0.3 is 9.80 Å². The zero-order chi connectivity index (χ0) is 23.3. The number of hydrogen-bond acceptors (Lipinski definition) is 6. The molecule has 0 N–H and O–H groups in total. The van der Waals surface area contributed by atoms with E-state index in [1.54, 1.807) is 46.9 Å². The van der Waals surface area contributed by atoms with Gasteiger partial charge in [-0.3, -0.25) is 4.79 Å². The first-order valence-electron chi connectivity index (χ1n) is 11.5. The maximum Gasteiger partial charge on any atom is 0.243 e. The molecule has 1 aromatic carbocycles. The normalized spacial score (nSPS) is 17.9. The van der Waals surface area contributed by atoms with Gasteiger partial charge in [0, 0.05) is 45.5 Å². The van der Waals surface area contributed by atoms with Crippen molar-refractivity contribution in [3.8, 4) is 6.07 Å². The van der Waals surface area contributed by atoms with Crippen LogP contribution < -0.4 is 4.90 Å². The quantitative estimate of drug-likeness (QED) is 0.670. The molecular weight excluding hydrogens is 438 g/mol. The Morgan fingerprint density at radius 1 is 0.939 bits per heavy atom. The average Bonchev–Trinajstić information content (AvgIpc) is 3.11. The van der Waals surface area contributed by atoms with Gasteiger partial charge in [0.15, 0.2) is 0 Å². The third-order valence-corrected chi connectivity index (χ3v) is 8.20. The van der Waals surface area contributed by atoms with Crippen LogP contribution in [-0.2, 0) is 21.2 Å². The third-order valence-electron chi connectivity index (χ3n) is 6.29. The number of sulfonamides is 1. The average molecular weight is 468 g/mol. The lowest BCUT2D eigenvalue weighted by Gasteiger charge is -2.26. The molecule has 8 nitrogen and oxygen atoms in total. The molecule has 33 heavy (non-hydrogen) atoms. The van der Waals surface area contributed by atoms with Crippen LogP contribution in [0.2, 0.25) is 0 Å². The highest BCUT2D eigenvalue weighted by molar-refractivity contribution is 7.89. The lowest BCUT2D eigenvalue weighted by atomic mass is 10.1. The second-order valence-corrected chi connectivity index (χ2v) is 10.4. The minimum absolute atomic E-state index is 0.0185. The number of nitriles is 1. The van der Waals surface area contributed by atoms with E-state index in [4.69, 9.17) is 0 Å². The molecule has 0 saturated carbocycles. The predicted octanol–water partition coefficient (Wildman–Crippen LogP) is 2.41. The van der Waals surface area contributed by atoms with Crippen LogP contribution in [-0.4, -0.2) is 67.8 Å². The van der Waals surface area contributed by atoms with E-state index >= 15 is 0 Å². The Bertz CT molecular complexity index is 1120. The minimum Gasteiger partial charge on any atom is -0.354 e. The number of carbonyl (C=O) groups is 1. The lowest BCUT2D eigenvalue weighted by Crippen LogP contribution is -2.36. The number of piperidine rings is 1. The topological polar surface area (TPSA) is 97.6 Å². The van der Waals surface area contributed by atoms with Crippen molar-refractivity contribution in [1.29, 1.82) is 5.26 Å². The van der Waals surface area contributed by atoms with Gasteiger partial charge in [-0.15, -0.1) is 0 Å². The molecular formula is C24H29N5O3S. The maximum atomic E-state index is 12.9. The molecule has 2 fully saturated rings. The Hall–Kier alpha value is -2.96. The Morgan fingerprint density at radius 3 is 2.42 bits per heavy atom. The molecule has 0 unspecified atom stereocenters. The summed E-state index contributed by atoms with van der Waals surface area (Å²) in [5, 5.41) is 9.35. The number of benzene rings is 1. The van der Waals surface area contributed by atoms with Crippen molar-refractivity contribution in [1.82, 2.24) is 14.2 Å². The summed E-state index contributed by atoms with van der Waals surface area (Å²) in [5.74, 6) is 0.685. The highest BCUT2D eigenvalue weighted by Gasteiger charge is 2.26. The largest absolute Gasteiger partial charge is 0.354 e. The van der Waals surface area contributed by atoms with E-state index in [0.717, 1.165) is 37.8 Å². The molecule has 2 aliphatic heterocycles. The van der Waals surface area contributed by atoms with E-state index in [0.29, 0.717) is 44.1 Å². The number of nitrogens with zero attached hydrogens (tertiary/aromatic N) is 5. The van der Waals surface area contributed by atoms with E-state index < -0.39 is 10.0 Å². The first-order valence-corrected chi connectivity index (χ1v) is 12.9. The molecule has 1 aromatic heterocycles. The van der Waals surface area contributed by atoms with Gasteiger partial charge >= 0.3 is 0 Å². The summed E-state index contributed by atoms with van der Waals surface area (Å²) in [7, 11) is -3.47. The molecule has 2 saturated heterocycles. The van der Waals surface area contributed by atoms with Crippen molar-refractivity contribution in [3.05, 3.63) is 53.7 Å². The summed E-state index contributed by atoms with van der Waals surface area (Å²) in [6.07, 6.45) is 5.58. The molecule has 9 heteroatoms. The predicted molar refractivity (Wildman–Crippen MR) is 125 cm³/mol. The molecule has 2 aromatic rings. The van der Waals surface area contributed by atoms with Crippen LogP contribution >= 0.6 is 0 Å². The van der Waals surface area contributed by atoms with Crippen molar-refractivity contribution in [2.75, 3.05) is 44.2 Å². The minimum atomic E-state index is -3.47. The monoisotopic (exact) mass is 467 g/mol. The van der Waals surface area contributed by atoms with Crippen LogP contribution in [0, 0.1) is 11.3 Å². The first kappa shape index (κ1) is 23.2. The smallest absolute Gasteiger partial charge is 0.243 e. The van der Waals surface area contributed by atoms with Crippen molar-refractivity contribution in [2.24, 2.45) is 0 Å². The molecule has 0 radical (unpaired) electrons.